The third-order valence-electron chi connectivity index (χ3n) is 3.64. The predicted molar refractivity (Wildman–Crippen MR) is 78.9 cm³/mol. The zero-order valence-electron chi connectivity index (χ0n) is 11.2. The molecule has 0 N–H and O–H groups in total. The molecule has 0 bridgehead atoms. The first-order valence-corrected chi connectivity index (χ1v) is 7.90. The summed E-state index contributed by atoms with van der Waals surface area (Å²) in [5, 5.41) is 1.86. The SMILES string of the molecule is CCc1cnc(SC2CCCC2)n1-c1cccnc1. The number of hydrogen-bond donors (Lipinski definition) is 0. The summed E-state index contributed by atoms with van der Waals surface area (Å²) >= 11 is 1.93. The van der Waals surface area contributed by atoms with Gasteiger partial charge in [-0.1, -0.05) is 31.5 Å². The topological polar surface area (TPSA) is 30.7 Å². The Morgan fingerprint density at radius 2 is 2.16 bits per heavy atom. The van der Waals surface area contributed by atoms with Crippen molar-refractivity contribution in [3.05, 3.63) is 36.4 Å². The molecule has 3 rings (SSSR count). The minimum atomic E-state index is 0.738. The van der Waals surface area contributed by atoms with Crippen LogP contribution >= 0.6 is 11.8 Å². The van der Waals surface area contributed by atoms with Crippen LogP contribution in [-0.4, -0.2) is 19.8 Å². The molecule has 0 aliphatic heterocycles. The Balaban J connectivity index is 1.93. The first kappa shape index (κ1) is 12.7. The summed E-state index contributed by atoms with van der Waals surface area (Å²) in [4.78, 5) is 8.86. The van der Waals surface area contributed by atoms with E-state index in [1.165, 1.54) is 31.4 Å². The highest BCUT2D eigenvalue weighted by Gasteiger charge is 2.20. The monoisotopic (exact) mass is 273 g/mol. The molecule has 1 aliphatic rings. The number of nitrogens with zero attached hydrogens (tertiary/aromatic N) is 3. The van der Waals surface area contributed by atoms with Gasteiger partial charge in [0.05, 0.1) is 11.9 Å². The summed E-state index contributed by atoms with van der Waals surface area (Å²) < 4.78 is 2.26. The zero-order chi connectivity index (χ0) is 13.1. The average molecular weight is 273 g/mol. The van der Waals surface area contributed by atoms with Gasteiger partial charge in [-0.2, -0.15) is 0 Å². The van der Waals surface area contributed by atoms with E-state index in [-0.39, 0.29) is 0 Å². The van der Waals surface area contributed by atoms with E-state index in [9.17, 15) is 0 Å². The lowest BCUT2D eigenvalue weighted by atomic mass is 10.3. The van der Waals surface area contributed by atoms with E-state index >= 15 is 0 Å². The number of hydrogen-bond acceptors (Lipinski definition) is 3. The Hall–Kier alpha value is -1.29. The van der Waals surface area contributed by atoms with Gasteiger partial charge in [0.2, 0.25) is 0 Å². The maximum Gasteiger partial charge on any atom is 0.173 e. The quantitative estimate of drug-likeness (QED) is 0.847. The van der Waals surface area contributed by atoms with Gasteiger partial charge in [-0.15, -0.1) is 0 Å². The number of aromatic nitrogens is 3. The van der Waals surface area contributed by atoms with Crippen LogP contribution in [0.2, 0.25) is 0 Å². The standard InChI is InChI=1S/C15H19N3S/c1-2-12-11-17-15(19-14-7-3-4-8-14)18(12)13-6-5-9-16-10-13/h5-6,9-11,14H,2-4,7-8H2,1H3. The van der Waals surface area contributed by atoms with Crippen LogP contribution in [0, 0.1) is 0 Å². The van der Waals surface area contributed by atoms with Gasteiger partial charge >= 0.3 is 0 Å². The molecule has 0 amide bonds. The molecule has 1 saturated carbocycles. The third-order valence-corrected chi connectivity index (χ3v) is 4.95. The molecule has 100 valence electrons. The number of aryl methyl sites for hydroxylation is 1. The van der Waals surface area contributed by atoms with Crippen molar-refractivity contribution in [2.24, 2.45) is 0 Å². The summed E-state index contributed by atoms with van der Waals surface area (Å²) in [5.74, 6) is 0. The molecule has 0 aromatic carbocycles. The highest BCUT2D eigenvalue weighted by Crippen LogP contribution is 2.35. The molecular weight excluding hydrogens is 254 g/mol. The average Bonchev–Trinajstić information content (AvgIpc) is 3.09. The van der Waals surface area contributed by atoms with Crippen molar-refractivity contribution in [1.82, 2.24) is 14.5 Å². The minimum Gasteiger partial charge on any atom is -0.290 e. The van der Waals surface area contributed by atoms with Crippen molar-refractivity contribution >= 4 is 11.8 Å². The summed E-state index contributed by atoms with van der Waals surface area (Å²) in [6.07, 6.45) is 12.1. The van der Waals surface area contributed by atoms with E-state index < -0.39 is 0 Å². The van der Waals surface area contributed by atoms with E-state index in [0.29, 0.717) is 0 Å². The van der Waals surface area contributed by atoms with E-state index in [1.807, 2.05) is 36.4 Å². The second-order valence-corrected chi connectivity index (χ2v) is 6.22. The van der Waals surface area contributed by atoms with Gasteiger partial charge in [-0.05, 0) is 31.4 Å². The van der Waals surface area contributed by atoms with Crippen LogP contribution in [0.25, 0.3) is 5.69 Å². The molecule has 2 aromatic heterocycles. The van der Waals surface area contributed by atoms with Crippen LogP contribution in [0.1, 0.15) is 38.3 Å². The maximum absolute atomic E-state index is 4.62. The van der Waals surface area contributed by atoms with E-state index in [2.05, 4.69) is 27.5 Å². The van der Waals surface area contributed by atoms with Crippen molar-refractivity contribution in [2.75, 3.05) is 0 Å². The van der Waals surface area contributed by atoms with Gasteiger partial charge in [0.15, 0.2) is 5.16 Å². The van der Waals surface area contributed by atoms with Crippen LogP contribution in [-0.2, 0) is 6.42 Å². The Kier molecular flexibility index (Phi) is 3.87. The van der Waals surface area contributed by atoms with E-state index in [0.717, 1.165) is 22.5 Å². The van der Waals surface area contributed by atoms with Gasteiger partial charge in [-0.25, -0.2) is 4.98 Å². The number of imidazole rings is 1. The fraction of sp³-hybridized carbons (Fsp3) is 0.467. The predicted octanol–water partition coefficient (Wildman–Crippen LogP) is 3.86. The molecule has 1 fully saturated rings. The van der Waals surface area contributed by atoms with Crippen molar-refractivity contribution < 1.29 is 0 Å². The summed E-state index contributed by atoms with van der Waals surface area (Å²) in [5.41, 5.74) is 2.38. The van der Waals surface area contributed by atoms with Crippen molar-refractivity contribution in [3.8, 4) is 5.69 Å². The molecule has 0 spiro atoms. The Morgan fingerprint density at radius 3 is 2.84 bits per heavy atom. The van der Waals surface area contributed by atoms with Crippen LogP contribution in [0.4, 0.5) is 0 Å². The molecule has 4 heteroatoms. The summed E-state index contributed by atoms with van der Waals surface area (Å²) in [7, 11) is 0. The lowest BCUT2D eigenvalue weighted by molar-refractivity contribution is 0.820. The van der Waals surface area contributed by atoms with Crippen LogP contribution < -0.4 is 0 Å². The van der Waals surface area contributed by atoms with Crippen LogP contribution in [0.3, 0.4) is 0 Å². The van der Waals surface area contributed by atoms with Crippen molar-refractivity contribution in [1.29, 1.82) is 0 Å². The number of rotatable bonds is 4. The van der Waals surface area contributed by atoms with Crippen LogP contribution in [0.15, 0.2) is 35.9 Å². The normalized spacial score (nSPS) is 16.1. The molecule has 0 atom stereocenters. The molecular formula is C15H19N3S. The highest BCUT2D eigenvalue weighted by atomic mass is 32.2. The van der Waals surface area contributed by atoms with Gasteiger partial charge in [0, 0.05) is 23.3 Å². The van der Waals surface area contributed by atoms with Gasteiger partial charge in [-0.3, -0.25) is 9.55 Å². The second kappa shape index (κ2) is 5.78. The fourth-order valence-corrected chi connectivity index (χ4v) is 3.93. The van der Waals surface area contributed by atoms with E-state index in [4.69, 9.17) is 0 Å². The maximum atomic E-state index is 4.62. The van der Waals surface area contributed by atoms with Crippen molar-refractivity contribution in [3.63, 3.8) is 0 Å². The second-order valence-electron chi connectivity index (χ2n) is 4.96. The molecule has 1 aliphatic carbocycles. The van der Waals surface area contributed by atoms with Crippen LogP contribution in [0.5, 0.6) is 0 Å². The number of thioether (sulfide) groups is 1. The first-order valence-electron chi connectivity index (χ1n) is 7.02. The number of pyridine rings is 1. The van der Waals surface area contributed by atoms with Crippen molar-refractivity contribution in [2.45, 2.75) is 49.4 Å². The Bertz CT molecular complexity index is 530. The molecule has 19 heavy (non-hydrogen) atoms. The lowest BCUT2D eigenvalue weighted by Crippen LogP contribution is -2.04. The minimum absolute atomic E-state index is 0.738. The smallest absolute Gasteiger partial charge is 0.173 e. The summed E-state index contributed by atoms with van der Waals surface area (Å²) in [6, 6.07) is 4.09. The largest absolute Gasteiger partial charge is 0.290 e. The molecule has 3 nitrogen and oxygen atoms in total. The summed E-state index contributed by atoms with van der Waals surface area (Å²) in [6.45, 7) is 2.17. The molecule has 0 saturated heterocycles. The highest BCUT2D eigenvalue weighted by molar-refractivity contribution is 7.99. The molecule has 0 radical (unpaired) electrons. The zero-order valence-corrected chi connectivity index (χ0v) is 12.1. The van der Waals surface area contributed by atoms with Gasteiger partial charge < -0.3 is 0 Å². The van der Waals surface area contributed by atoms with Gasteiger partial charge in [0.25, 0.3) is 0 Å². The molecule has 2 aromatic rings. The molecule has 0 unspecified atom stereocenters. The Labute approximate surface area is 118 Å². The third kappa shape index (κ3) is 2.68. The first-order chi connectivity index (χ1) is 9.38. The lowest BCUT2D eigenvalue weighted by Gasteiger charge is -2.13. The molecule has 2 heterocycles. The fourth-order valence-electron chi connectivity index (χ4n) is 2.62. The van der Waals surface area contributed by atoms with Gasteiger partial charge in [0.1, 0.15) is 0 Å². The van der Waals surface area contributed by atoms with E-state index in [1.54, 1.807) is 0 Å². The Morgan fingerprint density at radius 1 is 1.32 bits per heavy atom.